The smallest absolute Gasteiger partial charge is 0.266 e. The molecule has 2 aromatic rings. The Kier molecular flexibility index (Phi) is 6.89. The normalized spacial score (nSPS) is 12.0. The number of rotatable bonds is 7. The summed E-state index contributed by atoms with van der Waals surface area (Å²) in [5.74, 6) is 1.34. The van der Waals surface area contributed by atoms with Crippen molar-refractivity contribution in [1.82, 2.24) is 10.2 Å². The van der Waals surface area contributed by atoms with Crippen LogP contribution >= 0.6 is 34.7 Å². The second-order valence-corrected chi connectivity index (χ2v) is 8.04. The molecular formula is C16H20ClN3O2S2. The molecule has 24 heavy (non-hydrogen) atoms. The van der Waals surface area contributed by atoms with Gasteiger partial charge in [0.25, 0.3) is 5.91 Å². The molecule has 1 aromatic heterocycles. The SMILES string of the molecule is CCCSc1nnc(NC(=O)[C@H](C)Oc2cc(C)c(Cl)c(C)c2)s1. The summed E-state index contributed by atoms with van der Waals surface area (Å²) in [6.45, 7) is 7.62. The second kappa shape index (κ2) is 8.69. The zero-order valence-electron chi connectivity index (χ0n) is 14.1. The van der Waals surface area contributed by atoms with Crippen molar-refractivity contribution in [2.45, 2.75) is 44.6 Å². The Morgan fingerprint density at radius 1 is 1.38 bits per heavy atom. The standard InChI is InChI=1S/C16H20ClN3O2S2/c1-5-6-23-16-20-19-15(24-16)18-14(21)11(4)22-12-7-9(2)13(17)10(3)8-12/h7-8,11H,5-6H2,1-4H3,(H,18,19,21)/t11-/m0/s1. The molecule has 1 N–H and O–H groups in total. The number of benzene rings is 1. The molecule has 1 atom stereocenters. The van der Waals surface area contributed by atoms with Crippen LogP contribution in [0.3, 0.4) is 0 Å². The molecule has 0 fully saturated rings. The summed E-state index contributed by atoms with van der Waals surface area (Å²) in [4.78, 5) is 12.2. The number of carbonyl (C=O) groups is 1. The molecule has 0 aliphatic carbocycles. The Bertz CT molecular complexity index is 698. The molecular weight excluding hydrogens is 366 g/mol. The van der Waals surface area contributed by atoms with Gasteiger partial charge < -0.3 is 4.74 Å². The lowest BCUT2D eigenvalue weighted by Gasteiger charge is -2.15. The molecule has 0 aliphatic rings. The minimum atomic E-state index is -0.652. The van der Waals surface area contributed by atoms with E-state index in [1.165, 1.54) is 11.3 Å². The molecule has 1 amide bonds. The van der Waals surface area contributed by atoms with E-state index in [4.69, 9.17) is 16.3 Å². The van der Waals surface area contributed by atoms with Crippen LogP contribution in [0.25, 0.3) is 0 Å². The molecule has 8 heteroatoms. The van der Waals surface area contributed by atoms with Crippen LogP contribution in [0.5, 0.6) is 5.75 Å². The molecule has 1 heterocycles. The average Bonchev–Trinajstić information content (AvgIpc) is 2.97. The fourth-order valence-corrected chi connectivity index (χ4v) is 3.74. The summed E-state index contributed by atoms with van der Waals surface area (Å²) in [6.07, 6.45) is 0.414. The van der Waals surface area contributed by atoms with Crippen LogP contribution in [0.15, 0.2) is 16.5 Å². The minimum Gasteiger partial charge on any atom is -0.481 e. The molecule has 0 saturated heterocycles. The fourth-order valence-electron chi connectivity index (χ4n) is 1.95. The van der Waals surface area contributed by atoms with Crippen molar-refractivity contribution in [3.05, 3.63) is 28.3 Å². The maximum Gasteiger partial charge on any atom is 0.266 e. The molecule has 0 unspecified atom stereocenters. The number of amides is 1. The Labute approximate surface area is 155 Å². The number of hydrogen-bond donors (Lipinski definition) is 1. The monoisotopic (exact) mass is 385 g/mol. The van der Waals surface area contributed by atoms with Crippen molar-refractivity contribution in [2.24, 2.45) is 0 Å². The van der Waals surface area contributed by atoms with Gasteiger partial charge >= 0.3 is 0 Å². The Hall–Kier alpha value is -1.31. The minimum absolute atomic E-state index is 0.261. The predicted molar refractivity (Wildman–Crippen MR) is 101 cm³/mol. The fraction of sp³-hybridized carbons (Fsp3) is 0.438. The van der Waals surface area contributed by atoms with Crippen LogP contribution in [0.1, 0.15) is 31.4 Å². The number of carbonyl (C=O) groups excluding carboxylic acids is 1. The number of anilines is 1. The van der Waals surface area contributed by atoms with E-state index in [-0.39, 0.29) is 5.91 Å². The van der Waals surface area contributed by atoms with E-state index in [9.17, 15) is 4.79 Å². The number of aryl methyl sites for hydroxylation is 2. The number of thioether (sulfide) groups is 1. The van der Waals surface area contributed by atoms with Crippen molar-refractivity contribution < 1.29 is 9.53 Å². The molecule has 5 nitrogen and oxygen atoms in total. The van der Waals surface area contributed by atoms with Gasteiger partial charge in [-0.3, -0.25) is 10.1 Å². The van der Waals surface area contributed by atoms with Crippen molar-refractivity contribution in [1.29, 1.82) is 0 Å². The lowest BCUT2D eigenvalue weighted by atomic mass is 10.1. The third kappa shape index (κ3) is 5.09. The molecule has 0 radical (unpaired) electrons. The summed E-state index contributed by atoms with van der Waals surface area (Å²) in [5.41, 5.74) is 1.84. The first-order valence-electron chi connectivity index (χ1n) is 7.61. The topological polar surface area (TPSA) is 64.1 Å². The van der Waals surface area contributed by atoms with Gasteiger partial charge in [0, 0.05) is 10.8 Å². The van der Waals surface area contributed by atoms with Crippen molar-refractivity contribution in [3.8, 4) is 5.75 Å². The number of hydrogen-bond acceptors (Lipinski definition) is 6. The maximum absolute atomic E-state index is 12.2. The Balaban J connectivity index is 1.96. The van der Waals surface area contributed by atoms with Crippen LogP contribution in [-0.2, 0) is 4.79 Å². The van der Waals surface area contributed by atoms with Crippen molar-refractivity contribution in [3.63, 3.8) is 0 Å². The summed E-state index contributed by atoms with van der Waals surface area (Å²) in [5, 5.41) is 12.0. The van der Waals surface area contributed by atoms with Gasteiger partial charge in [0.15, 0.2) is 10.4 Å². The second-order valence-electron chi connectivity index (χ2n) is 5.34. The zero-order chi connectivity index (χ0) is 17.7. The van der Waals surface area contributed by atoms with Crippen LogP contribution in [0, 0.1) is 13.8 Å². The van der Waals surface area contributed by atoms with Gasteiger partial charge in [0.2, 0.25) is 5.13 Å². The lowest BCUT2D eigenvalue weighted by Crippen LogP contribution is -2.30. The van der Waals surface area contributed by atoms with E-state index in [0.717, 1.165) is 27.6 Å². The first-order chi connectivity index (χ1) is 11.4. The highest BCUT2D eigenvalue weighted by Crippen LogP contribution is 2.28. The van der Waals surface area contributed by atoms with Crippen molar-refractivity contribution in [2.75, 3.05) is 11.1 Å². The number of ether oxygens (including phenoxy) is 1. The maximum atomic E-state index is 12.2. The molecule has 2 rings (SSSR count). The Morgan fingerprint density at radius 2 is 2.04 bits per heavy atom. The molecule has 1 aromatic carbocycles. The van der Waals surface area contributed by atoms with Gasteiger partial charge in [-0.05, 0) is 50.5 Å². The van der Waals surface area contributed by atoms with Gasteiger partial charge in [-0.15, -0.1) is 10.2 Å². The molecule has 0 bridgehead atoms. The van der Waals surface area contributed by atoms with E-state index in [1.807, 2.05) is 26.0 Å². The zero-order valence-corrected chi connectivity index (χ0v) is 16.4. The van der Waals surface area contributed by atoms with Gasteiger partial charge in [0.1, 0.15) is 5.75 Å². The first-order valence-corrected chi connectivity index (χ1v) is 9.79. The van der Waals surface area contributed by atoms with E-state index in [1.54, 1.807) is 18.7 Å². The molecule has 0 aliphatic heterocycles. The quantitative estimate of drug-likeness (QED) is 0.552. The third-order valence-corrected chi connectivity index (χ3v) is 5.93. The van der Waals surface area contributed by atoms with Gasteiger partial charge in [-0.25, -0.2) is 0 Å². The number of aromatic nitrogens is 2. The van der Waals surface area contributed by atoms with E-state index in [0.29, 0.717) is 15.9 Å². The summed E-state index contributed by atoms with van der Waals surface area (Å²) < 4.78 is 6.57. The summed E-state index contributed by atoms with van der Waals surface area (Å²) in [6, 6.07) is 3.65. The van der Waals surface area contributed by atoms with Crippen LogP contribution in [-0.4, -0.2) is 28.0 Å². The highest BCUT2D eigenvalue weighted by atomic mass is 35.5. The van der Waals surface area contributed by atoms with Crippen LogP contribution < -0.4 is 10.1 Å². The number of halogens is 1. The van der Waals surface area contributed by atoms with Gasteiger partial charge in [0.05, 0.1) is 0 Å². The largest absolute Gasteiger partial charge is 0.481 e. The number of nitrogens with one attached hydrogen (secondary N) is 1. The predicted octanol–water partition coefficient (Wildman–Crippen LogP) is 4.72. The molecule has 0 spiro atoms. The third-order valence-electron chi connectivity index (χ3n) is 3.16. The number of nitrogens with zero attached hydrogens (tertiary/aromatic N) is 2. The summed E-state index contributed by atoms with van der Waals surface area (Å²) >= 11 is 9.15. The molecule has 0 saturated carbocycles. The molecule has 130 valence electrons. The van der Waals surface area contributed by atoms with E-state index in [2.05, 4.69) is 22.4 Å². The summed E-state index contributed by atoms with van der Waals surface area (Å²) in [7, 11) is 0. The van der Waals surface area contributed by atoms with Gasteiger partial charge in [-0.2, -0.15) is 0 Å². The lowest BCUT2D eigenvalue weighted by molar-refractivity contribution is -0.122. The highest BCUT2D eigenvalue weighted by molar-refractivity contribution is 8.01. The Morgan fingerprint density at radius 3 is 2.67 bits per heavy atom. The van der Waals surface area contributed by atoms with E-state index < -0.39 is 6.10 Å². The van der Waals surface area contributed by atoms with Crippen molar-refractivity contribution >= 4 is 45.7 Å². The highest BCUT2D eigenvalue weighted by Gasteiger charge is 2.18. The average molecular weight is 386 g/mol. The van der Waals surface area contributed by atoms with Gasteiger partial charge in [-0.1, -0.05) is 41.6 Å². The van der Waals surface area contributed by atoms with Crippen LogP contribution in [0.4, 0.5) is 5.13 Å². The first kappa shape index (κ1) is 19.0. The van der Waals surface area contributed by atoms with Crippen LogP contribution in [0.2, 0.25) is 5.02 Å². The van der Waals surface area contributed by atoms with E-state index >= 15 is 0 Å².